The van der Waals surface area contributed by atoms with Gasteiger partial charge in [0.15, 0.2) is 11.5 Å². The Morgan fingerprint density at radius 2 is 1.62 bits per heavy atom. The number of aryl methyl sites for hydroxylation is 2. The van der Waals surface area contributed by atoms with Gasteiger partial charge in [-0.1, -0.05) is 51.8 Å². The van der Waals surface area contributed by atoms with Crippen LogP contribution in [0.5, 0.6) is 11.5 Å². The van der Waals surface area contributed by atoms with E-state index >= 15 is 0 Å². The fraction of sp³-hybridized carbons (Fsp3) is 0.438. The van der Waals surface area contributed by atoms with Gasteiger partial charge in [-0.15, -0.1) is 0 Å². The average molecular weight is 533 g/mol. The predicted octanol–water partition coefficient (Wildman–Crippen LogP) is 6.38. The lowest BCUT2D eigenvalue weighted by molar-refractivity contribution is -0.133. The molecule has 39 heavy (non-hydrogen) atoms. The first-order valence-electron chi connectivity index (χ1n) is 13.9. The molecule has 7 heteroatoms. The number of ether oxygens (including phenoxy) is 2. The van der Waals surface area contributed by atoms with E-state index in [9.17, 15) is 9.59 Å². The molecule has 1 aliphatic rings. The molecule has 2 heterocycles. The maximum atomic E-state index is 13.8. The number of carbonyl (C=O) groups excluding carboxylic acids is 2. The average Bonchev–Trinajstić information content (AvgIpc) is 3.56. The van der Waals surface area contributed by atoms with E-state index in [0.29, 0.717) is 42.5 Å². The minimum absolute atomic E-state index is 0.0144. The standard InChI is InChI=1S/C32H40N2O5/c1-5-6-7-8-25-10-13-27(14-11-25)32(36)34(18-23(2)3)21-31(35)33(20-28-15-9-24(4)39-28)19-26-12-16-29-30(17-26)38-22-37-29/h9-17,23H,5-8,18-22H2,1-4H3. The summed E-state index contributed by atoms with van der Waals surface area (Å²) in [5.41, 5.74) is 2.75. The SMILES string of the molecule is CCCCCc1ccc(C(=O)N(CC(=O)N(Cc2ccc3c(c2)OCO3)Cc2ccc(C)o2)CC(C)C)cc1. The number of benzene rings is 2. The van der Waals surface area contributed by atoms with Crippen LogP contribution in [0, 0.1) is 12.8 Å². The van der Waals surface area contributed by atoms with Crippen molar-refractivity contribution in [3.05, 3.63) is 82.8 Å². The summed E-state index contributed by atoms with van der Waals surface area (Å²) < 4.78 is 16.8. The van der Waals surface area contributed by atoms with Crippen LogP contribution >= 0.6 is 0 Å². The van der Waals surface area contributed by atoms with Crippen molar-refractivity contribution in [3.63, 3.8) is 0 Å². The van der Waals surface area contributed by atoms with Gasteiger partial charge in [0.25, 0.3) is 5.91 Å². The molecule has 0 unspecified atom stereocenters. The van der Waals surface area contributed by atoms with Crippen molar-refractivity contribution in [1.82, 2.24) is 9.80 Å². The van der Waals surface area contributed by atoms with E-state index < -0.39 is 0 Å². The zero-order valence-electron chi connectivity index (χ0n) is 23.6. The Bertz CT molecular complexity index is 1250. The summed E-state index contributed by atoms with van der Waals surface area (Å²) in [6, 6.07) is 17.3. The number of rotatable bonds is 13. The molecule has 0 bridgehead atoms. The molecule has 0 aliphatic carbocycles. The van der Waals surface area contributed by atoms with Gasteiger partial charge in [0.2, 0.25) is 12.7 Å². The highest BCUT2D eigenvalue weighted by Gasteiger charge is 2.25. The van der Waals surface area contributed by atoms with E-state index in [1.54, 1.807) is 9.80 Å². The fourth-order valence-corrected chi connectivity index (χ4v) is 4.75. The second-order valence-corrected chi connectivity index (χ2v) is 10.7. The summed E-state index contributed by atoms with van der Waals surface area (Å²) in [5.74, 6) is 2.79. The number of furan rings is 1. The molecule has 0 spiro atoms. The molecule has 0 saturated carbocycles. The summed E-state index contributed by atoms with van der Waals surface area (Å²) in [6.45, 7) is 9.50. The van der Waals surface area contributed by atoms with Crippen LogP contribution in [-0.2, 0) is 24.3 Å². The zero-order chi connectivity index (χ0) is 27.8. The first-order valence-corrected chi connectivity index (χ1v) is 13.9. The second-order valence-electron chi connectivity index (χ2n) is 10.7. The lowest BCUT2D eigenvalue weighted by Crippen LogP contribution is -2.43. The second kappa shape index (κ2) is 13.4. The quantitative estimate of drug-likeness (QED) is 0.239. The number of nitrogens with zero attached hydrogens (tertiary/aromatic N) is 2. The maximum Gasteiger partial charge on any atom is 0.254 e. The Balaban J connectivity index is 1.50. The highest BCUT2D eigenvalue weighted by molar-refractivity contribution is 5.96. The number of amides is 2. The van der Waals surface area contributed by atoms with Crippen molar-refractivity contribution >= 4 is 11.8 Å². The number of carbonyl (C=O) groups is 2. The van der Waals surface area contributed by atoms with Crippen molar-refractivity contribution in [2.24, 2.45) is 5.92 Å². The van der Waals surface area contributed by atoms with Gasteiger partial charge in [-0.05, 0) is 73.2 Å². The number of fused-ring (bicyclic) bond motifs is 1. The molecule has 0 fully saturated rings. The smallest absolute Gasteiger partial charge is 0.254 e. The normalized spacial score (nSPS) is 12.1. The van der Waals surface area contributed by atoms with Crippen molar-refractivity contribution in [1.29, 1.82) is 0 Å². The van der Waals surface area contributed by atoms with Crippen molar-refractivity contribution in [3.8, 4) is 11.5 Å². The van der Waals surface area contributed by atoms with E-state index in [4.69, 9.17) is 13.9 Å². The molecule has 0 atom stereocenters. The van der Waals surface area contributed by atoms with Crippen molar-refractivity contribution in [2.45, 2.75) is 66.5 Å². The molecular formula is C32H40N2O5. The summed E-state index contributed by atoms with van der Waals surface area (Å²) in [5, 5.41) is 0. The molecule has 208 valence electrons. The van der Waals surface area contributed by atoms with Crippen molar-refractivity contribution < 1.29 is 23.5 Å². The summed E-state index contributed by atoms with van der Waals surface area (Å²) in [4.78, 5) is 30.7. The molecule has 4 rings (SSSR count). The highest BCUT2D eigenvalue weighted by atomic mass is 16.7. The Kier molecular flexibility index (Phi) is 9.69. The van der Waals surface area contributed by atoms with Gasteiger partial charge in [-0.2, -0.15) is 0 Å². The molecule has 1 aliphatic heterocycles. The van der Waals surface area contributed by atoms with Gasteiger partial charge in [-0.3, -0.25) is 9.59 Å². The van der Waals surface area contributed by atoms with Crippen LogP contribution in [0.15, 0.2) is 59.0 Å². The summed E-state index contributed by atoms with van der Waals surface area (Å²) in [6.07, 6.45) is 4.54. The molecule has 0 saturated heterocycles. The minimum atomic E-state index is -0.146. The van der Waals surface area contributed by atoms with Crippen LogP contribution in [0.3, 0.4) is 0 Å². The first-order chi connectivity index (χ1) is 18.8. The Morgan fingerprint density at radius 3 is 2.31 bits per heavy atom. The molecule has 2 aromatic carbocycles. The van der Waals surface area contributed by atoms with E-state index in [1.807, 2.05) is 61.5 Å². The number of unbranched alkanes of at least 4 members (excludes halogenated alkanes) is 2. The van der Waals surface area contributed by atoms with Gasteiger partial charge < -0.3 is 23.7 Å². The third-order valence-electron chi connectivity index (χ3n) is 6.77. The maximum absolute atomic E-state index is 13.8. The van der Waals surface area contributed by atoms with Gasteiger partial charge >= 0.3 is 0 Å². The lowest BCUT2D eigenvalue weighted by Gasteiger charge is -2.28. The zero-order valence-corrected chi connectivity index (χ0v) is 23.6. The third kappa shape index (κ3) is 7.88. The first kappa shape index (κ1) is 28.3. The molecule has 0 radical (unpaired) electrons. The molecular weight excluding hydrogens is 492 g/mol. The minimum Gasteiger partial charge on any atom is -0.464 e. The van der Waals surface area contributed by atoms with Crippen LogP contribution in [0.2, 0.25) is 0 Å². The Morgan fingerprint density at radius 1 is 0.872 bits per heavy atom. The van der Waals surface area contributed by atoms with E-state index in [2.05, 4.69) is 20.8 Å². The summed E-state index contributed by atoms with van der Waals surface area (Å²) in [7, 11) is 0. The predicted molar refractivity (Wildman–Crippen MR) is 151 cm³/mol. The van der Waals surface area contributed by atoms with Crippen LogP contribution < -0.4 is 9.47 Å². The van der Waals surface area contributed by atoms with E-state index in [1.165, 1.54) is 18.4 Å². The monoisotopic (exact) mass is 532 g/mol. The van der Waals surface area contributed by atoms with Gasteiger partial charge in [0.05, 0.1) is 6.54 Å². The Hall–Kier alpha value is -3.74. The third-order valence-corrected chi connectivity index (χ3v) is 6.77. The van der Waals surface area contributed by atoms with Gasteiger partial charge in [0, 0.05) is 18.7 Å². The molecule has 1 aromatic heterocycles. The lowest BCUT2D eigenvalue weighted by atomic mass is 10.0. The summed E-state index contributed by atoms with van der Waals surface area (Å²) >= 11 is 0. The van der Waals surface area contributed by atoms with Crippen LogP contribution in [-0.4, -0.2) is 41.5 Å². The Labute approximate surface area is 231 Å². The molecule has 0 N–H and O–H groups in total. The van der Waals surface area contributed by atoms with Crippen molar-refractivity contribution in [2.75, 3.05) is 19.9 Å². The highest BCUT2D eigenvalue weighted by Crippen LogP contribution is 2.33. The topological polar surface area (TPSA) is 72.2 Å². The van der Waals surface area contributed by atoms with Gasteiger partial charge in [0.1, 0.15) is 18.1 Å². The number of hydrogen-bond donors (Lipinski definition) is 0. The fourth-order valence-electron chi connectivity index (χ4n) is 4.75. The molecule has 3 aromatic rings. The van der Waals surface area contributed by atoms with Crippen LogP contribution in [0.25, 0.3) is 0 Å². The largest absolute Gasteiger partial charge is 0.464 e. The van der Waals surface area contributed by atoms with Gasteiger partial charge in [-0.25, -0.2) is 0 Å². The molecule has 7 nitrogen and oxygen atoms in total. The van der Waals surface area contributed by atoms with Crippen LogP contribution in [0.1, 0.15) is 73.0 Å². The van der Waals surface area contributed by atoms with Crippen LogP contribution in [0.4, 0.5) is 0 Å². The van der Waals surface area contributed by atoms with E-state index in [-0.39, 0.29) is 31.1 Å². The van der Waals surface area contributed by atoms with E-state index in [0.717, 1.165) is 24.2 Å². The number of hydrogen-bond acceptors (Lipinski definition) is 5. The molecule has 2 amide bonds.